The Morgan fingerprint density at radius 2 is 0.833 bits per heavy atom. The van der Waals surface area contributed by atoms with Gasteiger partial charge in [0.1, 0.15) is 0 Å². The fourth-order valence-corrected chi connectivity index (χ4v) is 0. The maximum Gasteiger partial charge on any atom is 0 e. The molecule has 0 rings (SSSR count). The molecule has 0 atom stereocenters. The predicted molar refractivity (Wildman–Crippen MR) is 14.7 cm³/mol. The molecule has 0 fully saturated rings. The Hall–Kier alpha value is 3.51. The van der Waals surface area contributed by atoms with Gasteiger partial charge in [0.2, 0.25) is 0 Å². The third kappa shape index (κ3) is 25.8. The molecule has 0 unspecified atom stereocenters. The van der Waals surface area contributed by atoms with Crippen LogP contribution in [0.15, 0.2) is 0 Å². The SMILES string of the molecule is [Au].[Mo].[Mo].[Pt].[S-][S-]. The Morgan fingerprint density at radius 1 is 0.833 bits per heavy atom. The van der Waals surface area contributed by atoms with Crippen molar-refractivity contribution in [2.24, 2.45) is 0 Å². The Kier molecular flexibility index (Phi) is 220. The van der Waals surface area contributed by atoms with Crippen LogP contribution in [0, 0.1) is 0 Å². The molecule has 0 heterocycles. The molecule has 0 aromatic rings. The van der Waals surface area contributed by atoms with Gasteiger partial charge >= 0.3 is 0 Å². The van der Waals surface area contributed by atoms with Gasteiger partial charge < -0.3 is 23.3 Å². The molecule has 0 aromatic heterocycles. The van der Waals surface area contributed by atoms with Crippen molar-refractivity contribution in [3.63, 3.8) is 0 Å². The Labute approximate surface area is 107 Å². The van der Waals surface area contributed by atoms with Crippen molar-refractivity contribution in [2.75, 3.05) is 0 Å². The maximum atomic E-state index is 3.67. The monoisotopic (exact) mass is 652 g/mol. The summed E-state index contributed by atoms with van der Waals surface area (Å²) >= 11 is 7.33. The van der Waals surface area contributed by atoms with Gasteiger partial charge in [0.25, 0.3) is 0 Å². The normalized spacial score (nSPS) is 1.00. The third-order valence-corrected chi connectivity index (χ3v) is 0. The van der Waals surface area contributed by atoms with Crippen LogP contribution in [0.1, 0.15) is 0 Å². The van der Waals surface area contributed by atoms with E-state index in [-0.39, 0.29) is 85.6 Å². The minimum atomic E-state index is 0. The summed E-state index contributed by atoms with van der Waals surface area (Å²) in [5, 5.41) is 0. The van der Waals surface area contributed by atoms with E-state index in [9.17, 15) is 0 Å². The topological polar surface area (TPSA) is 0 Å². The van der Waals surface area contributed by atoms with Crippen LogP contribution in [-0.2, 0) is 109 Å². The molecule has 0 nitrogen and oxygen atoms in total. The minimum Gasteiger partial charge on any atom is -1.00 e. The summed E-state index contributed by atoms with van der Waals surface area (Å²) < 4.78 is 0. The van der Waals surface area contributed by atoms with Crippen molar-refractivity contribution in [1.82, 2.24) is 0 Å². The van der Waals surface area contributed by atoms with E-state index < -0.39 is 0 Å². The molecule has 0 N–H and O–H groups in total. The number of rotatable bonds is 0. The molecule has 0 aliphatic carbocycles. The first-order chi connectivity index (χ1) is 1.00. The second-order valence-corrected chi connectivity index (χ2v) is 0. The van der Waals surface area contributed by atoms with E-state index in [1.807, 2.05) is 0 Å². The van der Waals surface area contributed by atoms with Gasteiger partial charge in [-0.05, 0) is 0 Å². The van der Waals surface area contributed by atoms with E-state index in [1.165, 1.54) is 0 Å². The van der Waals surface area contributed by atoms with Gasteiger partial charge in [0, 0.05) is 85.6 Å². The predicted octanol–water partition coefficient (Wildman–Crippen LogP) is -0.0148. The molecule has 0 saturated carbocycles. The van der Waals surface area contributed by atoms with Crippen LogP contribution in [0.4, 0.5) is 0 Å². The first kappa shape index (κ1) is 33.9. The third-order valence-electron chi connectivity index (χ3n) is 0. The summed E-state index contributed by atoms with van der Waals surface area (Å²) in [6.45, 7) is 0. The van der Waals surface area contributed by atoms with Crippen molar-refractivity contribution < 1.29 is 85.6 Å². The molecular weight excluding hydrogens is 648 g/mol. The van der Waals surface area contributed by atoms with Crippen molar-refractivity contribution in [3.8, 4) is 0 Å². The minimum absolute atomic E-state index is 0. The smallest absolute Gasteiger partial charge is 0 e. The molecule has 0 bridgehead atoms. The molecule has 6 heteroatoms. The Bertz CT molecular complexity index is 11.5. The molecule has 6 heavy (non-hydrogen) atoms. The van der Waals surface area contributed by atoms with Gasteiger partial charge in [-0.25, -0.2) is 0 Å². The van der Waals surface area contributed by atoms with Crippen molar-refractivity contribution in [2.45, 2.75) is 0 Å². The molecule has 0 saturated heterocycles. The molecule has 0 spiro atoms. The van der Waals surface area contributed by atoms with Crippen LogP contribution >= 0.6 is 0 Å². The van der Waals surface area contributed by atoms with Crippen molar-refractivity contribution >= 4 is 23.3 Å². The average molecular weight is 648 g/mol. The van der Waals surface area contributed by atoms with E-state index in [0.29, 0.717) is 0 Å². The van der Waals surface area contributed by atoms with E-state index in [2.05, 4.69) is 23.3 Å². The number of hydrogen-bond acceptors (Lipinski definition) is 2. The van der Waals surface area contributed by atoms with E-state index in [0.717, 1.165) is 0 Å². The molecule has 0 aliphatic rings. The summed E-state index contributed by atoms with van der Waals surface area (Å²) in [6.07, 6.45) is 0. The van der Waals surface area contributed by atoms with Crippen LogP contribution in [-0.4, -0.2) is 0 Å². The van der Waals surface area contributed by atoms with Gasteiger partial charge in [-0.15, -0.1) is 0 Å². The number of hydrogen-bond donors (Lipinski definition) is 0. The standard InChI is InChI=1S/Au.2Mo.Pt.S2/c;;;;1-2/q;;;;-2. The van der Waals surface area contributed by atoms with Crippen LogP contribution in [0.5, 0.6) is 0 Å². The van der Waals surface area contributed by atoms with Crippen LogP contribution in [0.3, 0.4) is 0 Å². The second-order valence-electron chi connectivity index (χ2n) is 0. The fraction of sp³-hybridized carbons (Fsp3) is 0. The first-order valence-electron chi connectivity index (χ1n) is 0.167. The largest absolute Gasteiger partial charge is 1.00 e. The molecule has 0 amide bonds. The maximum absolute atomic E-state index is 3.67. The van der Waals surface area contributed by atoms with Gasteiger partial charge in [0.15, 0.2) is 0 Å². The Morgan fingerprint density at radius 3 is 0.833 bits per heavy atom. The fourth-order valence-electron chi connectivity index (χ4n) is 0. The molecular formula is AuMo2PtS2-2. The van der Waals surface area contributed by atoms with Crippen molar-refractivity contribution in [3.05, 3.63) is 0 Å². The summed E-state index contributed by atoms with van der Waals surface area (Å²) in [5.41, 5.74) is 0. The quantitative estimate of drug-likeness (QED) is 0.206. The van der Waals surface area contributed by atoms with Gasteiger partial charge in [0.05, 0.1) is 0 Å². The van der Waals surface area contributed by atoms with E-state index >= 15 is 0 Å². The van der Waals surface area contributed by atoms with E-state index in [4.69, 9.17) is 0 Å². The first-order valence-corrected chi connectivity index (χ1v) is 1.50. The van der Waals surface area contributed by atoms with Crippen LogP contribution in [0.2, 0.25) is 0 Å². The summed E-state index contributed by atoms with van der Waals surface area (Å²) in [4.78, 5) is 0. The summed E-state index contributed by atoms with van der Waals surface area (Å²) in [5.74, 6) is 0. The summed E-state index contributed by atoms with van der Waals surface area (Å²) in [6, 6.07) is 0. The van der Waals surface area contributed by atoms with E-state index in [1.54, 1.807) is 0 Å². The average Bonchev–Trinajstić information content (AvgIpc) is 1.00. The van der Waals surface area contributed by atoms with Gasteiger partial charge in [-0.1, -0.05) is 0 Å². The van der Waals surface area contributed by atoms with Crippen molar-refractivity contribution in [1.29, 1.82) is 0 Å². The molecule has 0 aliphatic heterocycles. The van der Waals surface area contributed by atoms with Gasteiger partial charge in [-0.2, -0.15) is 0 Å². The molecule has 47 valence electrons. The van der Waals surface area contributed by atoms with Crippen LogP contribution < -0.4 is 0 Å². The molecule has 1 radical (unpaired) electrons. The van der Waals surface area contributed by atoms with Gasteiger partial charge in [-0.3, -0.25) is 0 Å². The zero-order valence-electron chi connectivity index (χ0n) is 2.25. The Balaban J connectivity index is -0.000000000833. The zero-order chi connectivity index (χ0) is 2.00. The van der Waals surface area contributed by atoms with Crippen LogP contribution in [0.25, 0.3) is 0 Å². The summed E-state index contributed by atoms with van der Waals surface area (Å²) in [7, 11) is 0. The zero-order valence-corrected chi connectivity index (χ0v) is 12.3. The molecule has 0 aromatic carbocycles. The second kappa shape index (κ2) is 39.0.